The molecule has 1 saturated heterocycles. The highest BCUT2D eigenvalue weighted by Gasteiger charge is 2.23. The zero-order chi connectivity index (χ0) is 13.7. The lowest BCUT2D eigenvalue weighted by Crippen LogP contribution is -2.44. The van der Waals surface area contributed by atoms with Crippen molar-refractivity contribution in [2.45, 2.75) is 31.7 Å². The lowest BCUT2D eigenvalue weighted by Gasteiger charge is -2.35. The number of benzene rings is 1. The molecule has 1 aliphatic rings. The highest BCUT2D eigenvalue weighted by atomic mass is 16.2. The quantitative estimate of drug-likeness (QED) is 0.828. The molecule has 19 heavy (non-hydrogen) atoms. The summed E-state index contributed by atoms with van der Waals surface area (Å²) < 4.78 is 0. The van der Waals surface area contributed by atoms with E-state index in [-0.39, 0.29) is 5.91 Å². The van der Waals surface area contributed by atoms with Gasteiger partial charge < -0.3 is 9.80 Å². The lowest BCUT2D eigenvalue weighted by atomic mass is 10.0. The molecule has 104 valence electrons. The van der Waals surface area contributed by atoms with Gasteiger partial charge in [-0.15, -0.1) is 0 Å². The fraction of sp³-hybridized carbons (Fsp3) is 0.562. The summed E-state index contributed by atoms with van der Waals surface area (Å²) in [6.07, 6.45) is 3.66. The minimum atomic E-state index is 0.276. The second kappa shape index (κ2) is 6.71. The Morgan fingerprint density at radius 3 is 2.53 bits per heavy atom. The number of carbonyl (C=O) groups excluding carboxylic acids is 1. The molecule has 3 heteroatoms. The third kappa shape index (κ3) is 4.06. The molecule has 0 atom stereocenters. The number of rotatable bonds is 4. The summed E-state index contributed by atoms with van der Waals surface area (Å²) in [6.45, 7) is 2.20. The zero-order valence-corrected chi connectivity index (χ0v) is 12.0. The predicted octanol–water partition coefficient (Wildman–Crippen LogP) is 2.17. The van der Waals surface area contributed by atoms with E-state index in [0.29, 0.717) is 12.5 Å². The van der Waals surface area contributed by atoms with Gasteiger partial charge in [0.2, 0.25) is 5.91 Å². The van der Waals surface area contributed by atoms with Crippen molar-refractivity contribution >= 4 is 5.91 Å². The van der Waals surface area contributed by atoms with E-state index in [9.17, 15) is 4.79 Å². The fourth-order valence-corrected chi connectivity index (χ4v) is 2.66. The van der Waals surface area contributed by atoms with Gasteiger partial charge in [-0.3, -0.25) is 4.79 Å². The summed E-state index contributed by atoms with van der Waals surface area (Å²) in [7, 11) is 4.11. The Labute approximate surface area is 116 Å². The largest absolute Gasteiger partial charge is 0.343 e. The summed E-state index contributed by atoms with van der Waals surface area (Å²) in [4.78, 5) is 16.5. The first-order valence-electron chi connectivity index (χ1n) is 7.15. The van der Waals surface area contributed by atoms with Crippen LogP contribution in [0.2, 0.25) is 0 Å². The van der Waals surface area contributed by atoms with Crippen LogP contribution in [-0.4, -0.2) is 48.9 Å². The molecule has 0 spiro atoms. The second-order valence-electron chi connectivity index (χ2n) is 5.52. The molecule has 1 heterocycles. The van der Waals surface area contributed by atoms with Crippen molar-refractivity contribution in [3.05, 3.63) is 35.9 Å². The van der Waals surface area contributed by atoms with Crippen LogP contribution >= 0.6 is 0 Å². The summed E-state index contributed by atoms with van der Waals surface area (Å²) in [5.41, 5.74) is 1.24. The minimum absolute atomic E-state index is 0.276. The standard InChI is InChI=1S/C16H24N2O/c1-17-12-10-15(11-13-17)18(2)16(19)9-8-14-6-4-3-5-7-14/h3-7,15H,8-13H2,1-2H3. The molecular weight excluding hydrogens is 236 g/mol. The van der Waals surface area contributed by atoms with Gasteiger partial charge in [0.05, 0.1) is 0 Å². The Kier molecular flexibility index (Phi) is 4.97. The second-order valence-corrected chi connectivity index (χ2v) is 5.52. The van der Waals surface area contributed by atoms with Crippen LogP contribution in [0.1, 0.15) is 24.8 Å². The highest BCUT2D eigenvalue weighted by Crippen LogP contribution is 2.15. The lowest BCUT2D eigenvalue weighted by molar-refractivity contribution is -0.132. The van der Waals surface area contributed by atoms with Crippen LogP contribution in [0.3, 0.4) is 0 Å². The van der Waals surface area contributed by atoms with Gasteiger partial charge in [-0.2, -0.15) is 0 Å². The number of piperidine rings is 1. The van der Waals surface area contributed by atoms with Gasteiger partial charge in [0.25, 0.3) is 0 Å². The SMILES string of the molecule is CN1CCC(N(C)C(=O)CCc2ccccc2)CC1. The van der Waals surface area contributed by atoms with E-state index in [0.717, 1.165) is 32.4 Å². The van der Waals surface area contributed by atoms with Crippen molar-refractivity contribution in [2.75, 3.05) is 27.2 Å². The Balaban J connectivity index is 1.79. The molecule has 0 bridgehead atoms. The number of aryl methyl sites for hydroxylation is 1. The maximum Gasteiger partial charge on any atom is 0.222 e. The summed E-state index contributed by atoms with van der Waals surface area (Å²) >= 11 is 0. The summed E-state index contributed by atoms with van der Waals surface area (Å²) in [5, 5.41) is 0. The first-order valence-corrected chi connectivity index (χ1v) is 7.15. The summed E-state index contributed by atoms with van der Waals surface area (Å²) in [5.74, 6) is 0.276. The van der Waals surface area contributed by atoms with Crippen molar-refractivity contribution in [1.29, 1.82) is 0 Å². The van der Waals surface area contributed by atoms with Gasteiger partial charge in [-0.05, 0) is 45.0 Å². The van der Waals surface area contributed by atoms with Gasteiger partial charge in [0, 0.05) is 19.5 Å². The maximum absolute atomic E-state index is 12.2. The van der Waals surface area contributed by atoms with E-state index in [2.05, 4.69) is 24.1 Å². The van der Waals surface area contributed by atoms with Gasteiger partial charge in [-0.1, -0.05) is 30.3 Å². The van der Waals surface area contributed by atoms with Gasteiger partial charge >= 0.3 is 0 Å². The van der Waals surface area contributed by atoms with Crippen molar-refractivity contribution in [2.24, 2.45) is 0 Å². The van der Waals surface area contributed by atoms with Crippen LogP contribution in [0.25, 0.3) is 0 Å². The molecule has 2 rings (SSSR count). The van der Waals surface area contributed by atoms with Crippen molar-refractivity contribution in [1.82, 2.24) is 9.80 Å². The average molecular weight is 260 g/mol. The molecule has 0 unspecified atom stereocenters. The van der Waals surface area contributed by atoms with Crippen molar-refractivity contribution in [3.63, 3.8) is 0 Å². The maximum atomic E-state index is 12.2. The third-order valence-electron chi connectivity index (χ3n) is 4.10. The highest BCUT2D eigenvalue weighted by molar-refractivity contribution is 5.76. The Morgan fingerprint density at radius 1 is 1.26 bits per heavy atom. The van der Waals surface area contributed by atoms with Crippen LogP contribution in [0, 0.1) is 0 Å². The molecule has 1 amide bonds. The Morgan fingerprint density at radius 2 is 1.89 bits per heavy atom. The van der Waals surface area contributed by atoms with Crippen LogP contribution in [0.5, 0.6) is 0 Å². The number of amides is 1. The number of carbonyl (C=O) groups is 1. The van der Waals surface area contributed by atoms with Gasteiger partial charge in [0.15, 0.2) is 0 Å². The topological polar surface area (TPSA) is 23.6 Å². The first kappa shape index (κ1) is 14.1. The van der Waals surface area contributed by atoms with E-state index in [1.165, 1.54) is 5.56 Å². The molecule has 0 radical (unpaired) electrons. The van der Waals surface area contributed by atoms with Crippen LogP contribution < -0.4 is 0 Å². The number of hydrogen-bond acceptors (Lipinski definition) is 2. The van der Waals surface area contributed by atoms with E-state index in [1.807, 2.05) is 30.1 Å². The molecule has 0 saturated carbocycles. The van der Waals surface area contributed by atoms with E-state index >= 15 is 0 Å². The molecule has 0 aliphatic carbocycles. The first-order chi connectivity index (χ1) is 9.16. The Hall–Kier alpha value is -1.35. The number of nitrogens with zero attached hydrogens (tertiary/aromatic N) is 2. The van der Waals surface area contributed by atoms with Crippen LogP contribution in [-0.2, 0) is 11.2 Å². The molecule has 1 fully saturated rings. The van der Waals surface area contributed by atoms with Crippen LogP contribution in [0.15, 0.2) is 30.3 Å². The molecule has 1 aromatic carbocycles. The third-order valence-corrected chi connectivity index (χ3v) is 4.10. The molecular formula is C16H24N2O. The van der Waals surface area contributed by atoms with E-state index in [1.54, 1.807) is 0 Å². The van der Waals surface area contributed by atoms with Gasteiger partial charge in [0.1, 0.15) is 0 Å². The monoisotopic (exact) mass is 260 g/mol. The fourth-order valence-electron chi connectivity index (χ4n) is 2.66. The zero-order valence-electron chi connectivity index (χ0n) is 12.0. The van der Waals surface area contributed by atoms with E-state index < -0.39 is 0 Å². The van der Waals surface area contributed by atoms with Crippen molar-refractivity contribution in [3.8, 4) is 0 Å². The molecule has 1 aromatic rings. The van der Waals surface area contributed by atoms with E-state index in [4.69, 9.17) is 0 Å². The Bertz CT molecular complexity index is 396. The average Bonchev–Trinajstić information content (AvgIpc) is 2.46. The summed E-state index contributed by atoms with van der Waals surface area (Å²) in [6, 6.07) is 10.7. The number of likely N-dealkylation sites (tertiary alicyclic amines) is 1. The van der Waals surface area contributed by atoms with Crippen molar-refractivity contribution < 1.29 is 4.79 Å². The molecule has 0 aromatic heterocycles. The predicted molar refractivity (Wildman–Crippen MR) is 78.1 cm³/mol. The number of hydrogen-bond donors (Lipinski definition) is 0. The normalized spacial score (nSPS) is 17.4. The van der Waals surface area contributed by atoms with Gasteiger partial charge in [-0.25, -0.2) is 0 Å². The molecule has 3 nitrogen and oxygen atoms in total. The smallest absolute Gasteiger partial charge is 0.222 e. The molecule has 1 aliphatic heterocycles. The molecule has 0 N–H and O–H groups in total. The minimum Gasteiger partial charge on any atom is -0.343 e. The van der Waals surface area contributed by atoms with Crippen LogP contribution in [0.4, 0.5) is 0 Å².